The van der Waals surface area contributed by atoms with Crippen molar-refractivity contribution >= 4 is 29.1 Å². The van der Waals surface area contributed by atoms with E-state index in [-0.39, 0.29) is 46.6 Å². The van der Waals surface area contributed by atoms with Gasteiger partial charge in [-0.25, -0.2) is 9.97 Å². The summed E-state index contributed by atoms with van der Waals surface area (Å²) in [7, 11) is 1.22. The topological polar surface area (TPSA) is 157 Å². The molecule has 0 spiro atoms. The minimum atomic E-state index is -4.74. The van der Waals surface area contributed by atoms with Gasteiger partial charge < -0.3 is 30.3 Å². The van der Waals surface area contributed by atoms with Gasteiger partial charge in [0.1, 0.15) is 11.8 Å². The molecule has 2 heterocycles. The number of ether oxygens (including phenoxy) is 1. The Balaban J connectivity index is 1.37. The number of aromatic nitrogens is 3. The normalized spacial score (nSPS) is 19.2. The molecule has 0 radical (unpaired) electrons. The lowest BCUT2D eigenvalue weighted by Crippen LogP contribution is -2.52. The number of carbonyl (C=O) groups excluding carboxylic acids is 2. The third kappa shape index (κ3) is 5.94. The minimum absolute atomic E-state index is 0.131. The van der Waals surface area contributed by atoms with E-state index in [0.717, 1.165) is 42.8 Å². The average molecular weight is 561 g/mol. The number of halogens is 3. The maximum absolute atomic E-state index is 14.2. The Morgan fingerprint density at radius 2 is 1.85 bits per heavy atom. The number of nitrogens with one attached hydrogen (secondary N) is 3. The third-order valence-corrected chi connectivity index (χ3v) is 7.58. The molecular formula is C26H29F3N7O4-. The molecule has 2 amide bonds. The van der Waals surface area contributed by atoms with Crippen molar-refractivity contribution in [3.63, 3.8) is 0 Å². The van der Waals surface area contributed by atoms with Crippen LogP contribution in [-0.4, -0.2) is 57.1 Å². The number of anilines is 1. The van der Waals surface area contributed by atoms with Gasteiger partial charge in [-0.05, 0) is 68.4 Å². The number of methoxy groups -OCH3 is 1. The first-order valence-electron chi connectivity index (χ1n) is 13.1. The quantitative estimate of drug-likeness (QED) is 0.266. The van der Waals surface area contributed by atoms with Gasteiger partial charge in [-0.1, -0.05) is 0 Å². The van der Waals surface area contributed by atoms with E-state index in [1.807, 2.05) is 0 Å². The predicted molar refractivity (Wildman–Crippen MR) is 138 cm³/mol. The van der Waals surface area contributed by atoms with Crippen LogP contribution in [0.25, 0.3) is 0 Å². The Morgan fingerprint density at radius 1 is 1.18 bits per heavy atom. The standard InChI is InChI=1S/C26H30F3N7O4/c1-40-25-16(3-2-10-31-25)22(26(27,28)29)36-11-17(32-12-36)33-24(38)21(18(13-4-5-13)14-6-7-14)34-23(37)19(30)20(35-39)15-8-9-15/h2-3,10-15,18,21-22,30,39H,4-9H2,1H3,(H,33,38)(H,34,37)/p-1/b30-19?,35-20-/t21-,22?/m0/s1. The number of imidazole rings is 1. The second kappa shape index (κ2) is 10.9. The molecule has 3 aliphatic carbocycles. The highest BCUT2D eigenvalue weighted by atomic mass is 19.4. The van der Waals surface area contributed by atoms with Gasteiger partial charge >= 0.3 is 6.18 Å². The van der Waals surface area contributed by atoms with E-state index in [2.05, 4.69) is 25.8 Å². The summed E-state index contributed by atoms with van der Waals surface area (Å²) >= 11 is 0. The smallest absolute Gasteiger partial charge is 0.413 e. The fourth-order valence-electron chi connectivity index (χ4n) is 5.27. The molecule has 3 saturated carbocycles. The molecule has 0 saturated heterocycles. The Kier molecular flexibility index (Phi) is 7.51. The van der Waals surface area contributed by atoms with E-state index < -0.39 is 35.8 Å². The largest absolute Gasteiger partial charge is 0.792 e. The highest BCUT2D eigenvalue weighted by Gasteiger charge is 2.49. The highest BCUT2D eigenvalue weighted by Crippen LogP contribution is 2.51. The molecule has 3 aliphatic rings. The molecule has 2 aromatic rings. The zero-order valence-corrected chi connectivity index (χ0v) is 21.6. The van der Waals surface area contributed by atoms with Gasteiger partial charge in [0.15, 0.2) is 11.9 Å². The van der Waals surface area contributed by atoms with Gasteiger partial charge in [-0.15, -0.1) is 0 Å². The van der Waals surface area contributed by atoms with Crippen LogP contribution in [0.1, 0.15) is 50.1 Å². The van der Waals surface area contributed by atoms with E-state index in [0.29, 0.717) is 12.8 Å². The Morgan fingerprint density at radius 3 is 2.40 bits per heavy atom. The van der Waals surface area contributed by atoms with Gasteiger partial charge in [-0.2, -0.15) is 13.2 Å². The number of hydrogen-bond donors (Lipinski definition) is 3. The first-order chi connectivity index (χ1) is 19.1. The van der Waals surface area contributed by atoms with Crippen molar-refractivity contribution in [2.75, 3.05) is 12.4 Å². The average Bonchev–Trinajstić information content (AvgIpc) is 3.77. The van der Waals surface area contributed by atoms with Gasteiger partial charge in [-0.3, -0.25) is 15.0 Å². The predicted octanol–water partition coefficient (Wildman–Crippen LogP) is 3.67. The maximum Gasteiger partial charge on any atom is 0.413 e. The minimum Gasteiger partial charge on any atom is -0.792 e. The molecule has 14 heteroatoms. The first kappa shape index (κ1) is 27.6. The molecule has 3 N–H and O–H groups in total. The van der Waals surface area contributed by atoms with Crippen molar-refractivity contribution in [2.45, 2.75) is 56.8 Å². The number of amides is 2. The van der Waals surface area contributed by atoms with Crippen LogP contribution in [0.4, 0.5) is 19.0 Å². The number of carbonyl (C=O) groups is 2. The van der Waals surface area contributed by atoms with Crippen molar-refractivity contribution in [2.24, 2.45) is 28.8 Å². The summed E-state index contributed by atoms with van der Waals surface area (Å²) in [6.07, 6.45) is 3.49. The monoisotopic (exact) mass is 560 g/mol. The van der Waals surface area contributed by atoms with Crippen LogP contribution in [0.2, 0.25) is 0 Å². The fourth-order valence-corrected chi connectivity index (χ4v) is 5.27. The van der Waals surface area contributed by atoms with Gasteiger partial charge in [0.25, 0.3) is 5.91 Å². The number of rotatable bonds is 12. The van der Waals surface area contributed by atoms with E-state index >= 15 is 0 Å². The number of pyridine rings is 1. The summed E-state index contributed by atoms with van der Waals surface area (Å²) in [5.41, 5.74) is -0.928. The fraction of sp³-hybridized carbons (Fsp3) is 0.538. The second-order valence-corrected chi connectivity index (χ2v) is 10.6. The molecule has 0 aromatic carbocycles. The van der Waals surface area contributed by atoms with Crippen molar-refractivity contribution in [1.82, 2.24) is 19.9 Å². The third-order valence-electron chi connectivity index (χ3n) is 7.58. The van der Waals surface area contributed by atoms with Crippen molar-refractivity contribution in [3.8, 4) is 5.88 Å². The summed E-state index contributed by atoms with van der Waals surface area (Å²) in [6.45, 7) is 0. The zero-order chi connectivity index (χ0) is 28.6. The first-order valence-corrected chi connectivity index (χ1v) is 13.1. The molecule has 0 bridgehead atoms. The molecule has 214 valence electrons. The molecule has 1 unspecified atom stereocenters. The molecule has 11 nitrogen and oxygen atoms in total. The van der Waals surface area contributed by atoms with E-state index in [1.165, 1.54) is 25.4 Å². The van der Waals surface area contributed by atoms with Gasteiger partial charge in [0.2, 0.25) is 11.8 Å². The van der Waals surface area contributed by atoms with Crippen LogP contribution < -0.4 is 15.4 Å². The Bertz CT molecular complexity index is 1300. The van der Waals surface area contributed by atoms with E-state index in [1.54, 1.807) is 0 Å². The summed E-state index contributed by atoms with van der Waals surface area (Å²) in [5, 5.41) is 27.5. The van der Waals surface area contributed by atoms with E-state index in [4.69, 9.17) is 10.1 Å². The lowest BCUT2D eigenvalue weighted by Gasteiger charge is -2.27. The van der Waals surface area contributed by atoms with Crippen molar-refractivity contribution in [3.05, 3.63) is 41.6 Å². The van der Waals surface area contributed by atoms with E-state index in [9.17, 15) is 28.0 Å². The van der Waals surface area contributed by atoms with Crippen LogP contribution in [0.3, 0.4) is 0 Å². The molecule has 2 aromatic heterocycles. The van der Waals surface area contributed by atoms with Crippen LogP contribution in [0.5, 0.6) is 5.88 Å². The number of nitrogens with zero attached hydrogens (tertiary/aromatic N) is 4. The second-order valence-electron chi connectivity index (χ2n) is 10.6. The molecule has 2 atom stereocenters. The van der Waals surface area contributed by atoms with Crippen LogP contribution in [0.15, 0.2) is 36.0 Å². The summed E-state index contributed by atoms with van der Waals surface area (Å²) in [5.74, 6) is -1.87. The number of alkyl halides is 3. The summed E-state index contributed by atoms with van der Waals surface area (Å²) < 4.78 is 48.3. The van der Waals surface area contributed by atoms with Crippen LogP contribution >= 0.6 is 0 Å². The summed E-state index contributed by atoms with van der Waals surface area (Å²) in [4.78, 5) is 34.3. The number of hydrogen-bond acceptors (Lipinski definition) is 8. The lowest BCUT2D eigenvalue weighted by atomic mass is 9.88. The van der Waals surface area contributed by atoms with Crippen LogP contribution in [0, 0.1) is 34.3 Å². The Labute approximate surface area is 227 Å². The van der Waals surface area contributed by atoms with Gasteiger partial charge in [0.05, 0.1) is 19.1 Å². The molecular weight excluding hydrogens is 531 g/mol. The lowest BCUT2D eigenvalue weighted by molar-refractivity contribution is -0.157. The Hall–Kier alpha value is -3.97. The van der Waals surface area contributed by atoms with Crippen molar-refractivity contribution < 1.29 is 27.5 Å². The molecule has 3 fully saturated rings. The van der Waals surface area contributed by atoms with Gasteiger partial charge in [0, 0.05) is 23.9 Å². The molecule has 0 aliphatic heterocycles. The molecule has 5 rings (SSSR count). The maximum atomic E-state index is 14.2. The summed E-state index contributed by atoms with van der Waals surface area (Å²) in [6, 6.07) is -0.617. The van der Waals surface area contributed by atoms with Crippen molar-refractivity contribution in [1.29, 1.82) is 5.41 Å². The van der Waals surface area contributed by atoms with Crippen LogP contribution in [-0.2, 0) is 9.59 Å². The molecule has 40 heavy (non-hydrogen) atoms. The zero-order valence-electron chi connectivity index (χ0n) is 21.6. The SMILES string of the molecule is COc1ncccc1C(n1cnc(NC(=O)[C@@H](NC(=O)C(=N)/C(=N\[O-])C2CC2)C(C2CC2)C2CC2)c1)C(F)(F)F. The highest BCUT2D eigenvalue weighted by molar-refractivity contribution is 6.66.